The summed E-state index contributed by atoms with van der Waals surface area (Å²) in [5.74, 6) is -3.90. The number of ether oxygens (including phenoxy) is 2. The number of hydrogen-bond donors (Lipinski definition) is 0. The Balaban J connectivity index is 2.95. The number of carbonyl (C=O) groups is 2. The summed E-state index contributed by atoms with van der Waals surface area (Å²) in [6.07, 6.45) is -4.67. The van der Waals surface area contributed by atoms with Crippen LogP contribution in [0.25, 0.3) is 0 Å². The smallest absolute Gasteiger partial charge is 0.398 e. The number of halogens is 4. The van der Waals surface area contributed by atoms with Gasteiger partial charge in [-0.25, -0.2) is 9.59 Å². The maximum Gasteiger partial charge on any atom is 0.491 e. The van der Waals surface area contributed by atoms with E-state index in [1.54, 1.807) is 0 Å². The van der Waals surface area contributed by atoms with Gasteiger partial charge in [0.1, 0.15) is 0 Å². The van der Waals surface area contributed by atoms with E-state index >= 15 is 0 Å². The second-order valence-corrected chi connectivity index (χ2v) is 2.30. The van der Waals surface area contributed by atoms with Crippen LogP contribution in [0.4, 0.5) is 13.2 Å². The molecule has 0 saturated carbocycles. The summed E-state index contributed by atoms with van der Waals surface area (Å²) in [5, 5.41) is -4.13. The third kappa shape index (κ3) is 1.20. The van der Waals surface area contributed by atoms with Gasteiger partial charge in [0.15, 0.2) is 0 Å². The van der Waals surface area contributed by atoms with Gasteiger partial charge in [-0.15, -0.1) is 0 Å². The molecule has 0 aliphatic carbocycles. The number of rotatable bonds is 0. The summed E-state index contributed by atoms with van der Waals surface area (Å²) >= 11 is 4.39. The number of alkyl halides is 4. The van der Waals surface area contributed by atoms with Crippen LogP contribution in [0.3, 0.4) is 0 Å². The van der Waals surface area contributed by atoms with E-state index in [0.29, 0.717) is 0 Å². The maximum atomic E-state index is 12.4. The molecular formula is C4ClF3O4. The topological polar surface area (TPSA) is 52.6 Å². The number of cyclic esters (lactones) is 2. The van der Waals surface area contributed by atoms with Crippen molar-refractivity contribution in [3.05, 3.63) is 0 Å². The SMILES string of the molecule is O=C1OC(F)(F)C(F)(Cl)OC1=O. The lowest BCUT2D eigenvalue weighted by atomic mass is 10.5. The maximum absolute atomic E-state index is 12.4. The summed E-state index contributed by atoms with van der Waals surface area (Å²) in [6.45, 7) is 0. The van der Waals surface area contributed by atoms with Crippen molar-refractivity contribution in [1.29, 1.82) is 0 Å². The van der Waals surface area contributed by atoms with Gasteiger partial charge in [0.2, 0.25) is 0 Å². The van der Waals surface area contributed by atoms with Crippen LogP contribution in [-0.2, 0) is 19.1 Å². The molecule has 1 aliphatic heterocycles. The first-order valence-electron chi connectivity index (χ1n) is 2.48. The molecule has 1 atom stereocenters. The van der Waals surface area contributed by atoms with Crippen LogP contribution in [0, 0.1) is 0 Å². The largest absolute Gasteiger partial charge is 0.491 e. The van der Waals surface area contributed by atoms with Crippen LogP contribution in [0.2, 0.25) is 0 Å². The van der Waals surface area contributed by atoms with Gasteiger partial charge in [0, 0.05) is 0 Å². The zero-order valence-electron chi connectivity index (χ0n) is 5.14. The fourth-order valence-electron chi connectivity index (χ4n) is 0.435. The summed E-state index contributed by atoms with van der Waals surface area (Å²) in [5.41, 5.74) is 0. The van der Waals surface area contributed by atoms with E-state index in [4.69, 9.17) is 0 Å². The van der Waals surface area contributed by atoms with E-state index in [1.165, 1.54) is 0 Å². The van der Waals surface area contributed by atoms with Crippen molar-refractivity contribution in [3.63, 3.8) is 0 Å². The molecule has 0 amide bonds. The quantitative estimate of drug-likeness (QED) is 0.328. The highest BCUT2D eigenvalue weighted by Gasteiger charge is 2.66. The third-order valence-corrected chi connectivity index (χ3v) is 1.24. The van der Waals surface area contributed by atoms with E-state index in [0.717, 1.165) is 0 Å². The molecule has 0 aromatic rings. The van der Waals surface area contributed by atoms with E-state index in [9.17, 15) is 22.8 Å². The Morgan fingerprint density at radius 1 is 1.08 bits per heavy atom. The first-order chi connectivity index (χ1) is 5.26. The predicted molar refractivity (Wildman–Crippen MR) is 26.8 cm³/mol. The Hall–Kier alpha value is -0.980. The highest BCUT2D eigenvalue weighted by molar-refractivity contribution is 6.33. The fraction of sp³-hybridized carbons (Fsp3) is 0.500. The van der Waals surface area contributed by atoms with E-state index in [2.05, 4.69) is 21.1 Å². The van der Waals surface area contributed by atoms with Crippen LogP contribution in [-0.4, -0.2) is 23.4 Å². The van der Waals surface area contributed by atoms with Crippen molar-refractivity contribution in [1.82, 2.24) is 0 Å². The monoisotopic (exact) mass is 204 g/mol. The first-order valence-corrected chi connectivity index (χ1v) is 2.86. The van der Waals surface area contributed by atoms with Gasteiger partial charge in [-0.1, -0.05) is 0 Å². The molecule has 1 aliphatic rings. The molecule has 0 aromatic carbocycles. The van der Waals surface area contributed by atoms with Gasteiger partial charge in [-0.05, 0) is 11.6 Å². The van der Waals surface area contributed by atoms with Crippen molar-refractivity contribution >= 4 is 23.5 Å². The van der Waals surface area contributed by atoms with Crippen LogP contribution in [0.5, 0.6) is 0 Å². The van der Waals surface area contributed by atoms with Crippen molar-refractivity contribution in [2.45, 2.75) is 11.4 Å². The Morgan fingerprint density at radius 2 is 1.50 bits per heavy atom. The van der Waals surface area contributed by atoms with Gasteiger partial charge in [0.25, 0.3) is 0 Å². The molecule has 0 spiro atoms. The van der Waals surface area contributed by atoms with Crippen molar-refractivity contribution in [2.75, 3.05) is 0 Å². The number of carbonyl (C=O) groups excluding carboxylic acids is 2. The highest BCUT2D eigenvalue weighted by Crippen LogP contribution is 2.41. The van der Waals surface area contributed by atoms with Crippen molar-refractivity contribution < 1.29 is 32.2 Å². The second kappa shape index (κ2) is 2.25. The molecule has 12 heavy (non-hydrogen) atoms. The molecule has 1 fully saturated rings. The van der Waals surface area contributed by atoms with Gasteiger partial charge in [-0.3, -0.25) is 0 Å². The van der Waals surface area contributed by atoms with Gasteiger partial charge >= 0.3 is 23.4 Å². The number of esters is 2. The molecule has 0 aromatic heterocycles. The minimum absolute atomic E-state index is 1.90. The van der Waals surface area contributed by atoms with E-state index in [1.807, 2.05) is 0 Å². The molecule has 1 heterocycles. The summed E-state index contributed by atoms with van der Waals surface area (Å²) in [7, 11) is 0. The summed E-state index contributed by atoms with van der Waals surface area (Å²) < 4.78 is 43.0. The zero-order chi connectivity index (χ0) is 9.57. The molecule has 1 rings (SSSR count). The van der Waals surface area contributed by atoms with E-state index < -0.39 is 23.4 Å². The summed E-state index contributed by atoms with van der Waals surface area (Å²) in [4.78, 5) is 20.2. The Kier molecular flexibility index (Phi) is 1.71. The van der Waals surface area contributed by atoms with Crippen LogP contribution in [0.15, 0.2) is 0 Å². The average molecular weight is 204 g/mol. The molecule has 4 nitrogen and oxygen atoms in total. The normalized spacial score (nSPS) is 34.0. The minimum Gasteiger partial charge on any atom is -0.398 e. The second-order valence-electron chi connectivity index (χ2n) is 1.81. The lowest BCUT2D eigenvalue weighted by molar-refractivity contribution is -0.341. The molecule has 68 valence electrons. The highest BCUT2D eigenvalue weighted by atomic mass is 35.5. The zero-order valence-corrected chi connectivity index (χ0v) is 5.90. The summed E-state index contributed by atoms with van der Waals surface area (Å²) in [6, 6.07) is 0. The van der Waals surface area contributed by atoms with Crippen LogP contribution in [0.1, 0.15) is 0 Å². The molecule has 8 heteroatoms. The van der Waals surface area contributed by atoms with Gasteiger partial charge in [0.05, 0.1) is 0 Å². The van der Waals surface area contributed by atoms with Crippen molar-refractivity contribution in [2.24, 2.45) is 0 Å². The predicted octanol–water partition coefficient (Wildman–Crippen LogP) is 0.541. The Bertz CT molecular complexity index is 225. The molecular weight excluding hydrogens is 204 g/mol. The lowest BCUT2D eigenvalue weighted by Crippen LogP contribution is -2.53. The molecule has 0 N–H and O–H groups in total. The van der Waals surface area contributed by atoms with Crippen LogP contribution >= 0.6 is 11.6 Å². The third-order valence-electron chi connectivity index (χ3n) is 0.947. The van der Waals surface area contributed by atoms with Crippen LogP contribution < -0.4 is 0 Å². The Morgan fingerprint density at radius 3 is 1.92 bits per heavy atom. The molecule has 0 bridgehead atoms. The Labute approximate surface area is 68.2 Å². The van der Waals surface area contributed by atoms with Gasteiger partial charge in [-0.2, -0.15) is 13.2 Å². The fourth-order valence-corrected chi connectivity index (χ4v) is 0.544. The number of hydrogen-bond acceptors (Lipinski definition) is 4. The van der Waals surface area contributed by atoms with Gasteiger partial charge < -0.3 is 9.47 Å². The first kappa shape index (κ1) is 9.11. The average Bonchev–Trinajstić information content (AvgIpc) is 1.82. The molecule has 0 radical (unpaired) electrons. The standard InChI is InChI=1S/C4ClF3O4/c5-3(6)4(7,8)12-2(10)1(9)11-3. The molecule has 1 unspecified atom stereocenters. The van der Waals surface area contributed by atoms with Crippen molar-refractivity contribution in [3.8, 4) is 0 Å². The minimum atomic E-state index is -4.67. The van der Waals surface area contributed by atoms with E-state index in [-0.39, 0.29) is 0 Å². The lowest BCUT2D eigenvalue weighted by Gasteiger charge is -2.29. The molecule has 1 saturated heterocycles.